The number of hydrogen-bond donors (Lipinski definition) is 1. The third-order valence-electron chi connectivity index (χ3n) is 3.41. The van der Waals surface area contributed by atoms with Crippen molar-refractivity contribution >= 4 is 15.9 Å². The Morgan fingerprint density at radius 3 is 2.30 bits per heavy atom. The van der Waals surface area contributed by atoms with E-state index >= 15 is 0 Å². The summed E-state index contributed by atoms with van der Waals surface area (Å²) >= 11 is 3.29. The van der Waals surface area contributed by atoms with Crippen molar-refractivity contribution in [1.29, 1.82) is 0 Å². The molecule has 106 valence electrons. The largest absolute Gasteiger partial charge is 0.388 e. The first-order valence-corrected chi connectivity index (χ1v) is 7.49. The van der Waals surface area contributed by atoms with Crippen LogP contribution in [0.1, 0.15) is 42.6 Å². The molecule has 0 amide bonds. The Hall–Kier alpha value is -1.19. The van der Waals surface area contributed by atoms with Crippen LogP contribution >= 0.6 is 15.9 Å². The van der Waals surface area contributed by atoms with Crippen LogP contribution in [0.3, 0.4) is 0 Å². The second-order valence-electron chi connectivity index (χ2n) is 5.25. The summed E-state index contributed by atoms with van der Waals surface area (Å²) in [5.41, 5.74) is 2.58. The zero-order valence-electron chi connectivity index (χ0n) is 11.6. The van der Waals surface area contributed by atoms with Crippen molar-refractivity contribution in [2.75, 3.05) is 0 Å². The lowest BCUT2D eigenvalue weighted by atomic mass is 9.97. The summed E-state index contributed by atoms with van der Waals surface area (Å²) in [6, 6.07) is 12.8. The first-order valence-electron chi connectivity index (χ1n) is 6.70. The average molecular weight is 337 g/mol. The number of aliphatic hydroxyl groups excluding tert-OH is 1. The molecule has 0 aliphatic rings. The number of aliphatic hydroxyl groups is 1. The van der Waals surface area contributed by atoms with Crippen molar-refractivity contribution < 1.29 is 9.50 Å². The Balaban J connectivity index is 2.17. The van der Waals surface area contributed by atoms with Gasteiger partial charge in [0.1, 0.15) is 5.82 Å². The normalized spacial score (nSPS) is 12.7. The molecule has 1 atom stereocenters. The Bertz CT molecular complexity index is 558. The molecule has 1 unspecified atom stereocenters. The van der Waals surface area contributed by atoms with Gasteiger partial charge >= 0.3 is 0 Å². The maximum absolute atomic E-state index is 13.8. The zero-order chi connectivity index (χ0) is 14.7. The van der Waals surface area contributed by atoms with Crippen LogP contribution in [0.25, 0.3) is 0 Å². The lowest BCUT2D eigenvalue weighted by Crippen LogP contribution is -2.05. The molecule has 0 spiro atoms. The van der Waals surface area contributed by atoms with Gasteiger partial charge in [0.25, 0.3) is 0 Å². The van der Waals surface area contributed by atoms with E-state index in [0.717, 1.165) is 5.56 Å². The molecule has 0 radical (unpaired) electrons. The van der Waals surface area contributed by atoms with Gasteiger partial charge in [0.15, 0.2) is 0 Å². The zero-order valence-corrected chi connectivity index (χ0v) is 13.2. The Kier molecular flexibility index (Phi) is 4.95. The fourth-order valence-electron chi connectivity index (χ4n) is 2.19. The van der Waals surface area contributed by atoms with Crippen molar-refractivity contribution in [3.05, 3.63) is 69.4 Å². The first-order chi connectivity index (χ1) is 9.49. The number of hydrogen-bond acceptors (Lipinski definition) is 1. The molecule has 0 fully saturated rings. The van der Waals surface area contributed by atoms with Crippen LogP contribution in [0.15, 0.2) is 46.9 Å². The highest BCUT2D eigenvalue weighted by molar-refractivity contribution is 9.10. The molecule has 1 N–H and O–H groups in total. The summed E-state index contributed by atoms with van der Waals surface area (Å²) in [7, 11) is 0. The molecule has 0 heterocycles. The smallest absolute Gasteiger partial charge is 0.130 e. The molecule has 2 rings (SSSR count). The van der Waals surface area contributed by atoms with E-state index in [1.165, 1.54) is 11.6 Å². The van der Waals surface area contributed by atoms with Crippen molar-refractivity contribution in [2.24, 2.45) is 0 Å². The Morgan fingerprint density at radius 1 is 1.10 bits per heavy atom. The van der Waals surface area contributed by atoms with Gasteiger partial charge in [0, 0.05) is 16.5 Å². The van der Waals surface area contributed by atoms with Gasteiger partial charge in [-0.3, -0.25) is 0 Å². The molecular weight excluding hydrogens is 319 g/mol. The summed E-state index contributed by atoms with van der Waals surface area (Å²) in [4.78, 5) is 0. The van der Waals surface area contributed by atoms with Gasteiger partial charge in [0.2, 0.25) is 0 Å². The highest BCUT2D eigenvalue weighted by atomic mass is 79.9. The molecule has 2 aromatic carbocycles. The van der Waals surface area contributed by atoms with E-state index in [-0.39, 0.29) is 5.82 Å². The van der Waals surface area contributed by atoms with Crippen LogP contribution in [0.5, 0.6) is 0 Å². The predicted octanol–water partition coefficient (Wildman–Crippen LogP) is 4.99. The predicted molar refractivity (Wildman–Crippen MR) is 83.3 cm³/mol. The Labute approximate surface area is 127 Å². The maximum atomic E-state index is 13.8. The highest BCUT2D eigenvalue weighted by Crippen LogP contribution is 2.28. The van der Waals surface area contributed by atoms with E-state index < -0.39 is 6.10 Å². The van der Waals surface area contributed by atoms with Crippen molar-refractivity contribution in [3.8, 4) is 0 Å². The van der Waals surface area contributed by atoms with Crippen LogP contribution in [0.2, 0.25) is 0 Å². The van der Waals surface area contributed by atoms with Crippen LogP contribution < -0.4 is 0 Å². The molecule has 1 nitrogen and oxygen atoms in total. The van der Waals surface area contributed by atoms with Crippen LogP contribution in [0, 0.1) is 5.82 Å². The standard InChI is InChI=1S/C17H18BrFO/c1-11(2)13-8-6-12(7-9-13)10-16(20)17-14(18)4-3-5-15(17)19/h3-9,11,16,20H,10H2,1-2H3. The molecule has 3 heteroatoms. The highest BCUT2D eigenvalue weighted by Gasteiger charge is 2.16. The van der Waals surface area contributed by atoms with Crippen molar-refractivity contribution in [1.82, 2.24) is 0 Å². The second-order valence-corrected chi connectivity index (χ2v) is 6.11. The lowest BCUT2D eigenvalue weighted by molar-refractivity contribution is 0.173. The molecule has 0 aromatic heterocycles. The molecule has 2 aromatic rings. The van der Waals surface area contributed by atoms with Gasteiger partial charge in [-0.15, -0.1) is 0 Å². The summed E-state index contributed by atoms with van der Waals surface area (Å²) in [5, 5.41) is 10.2. The minimum Gasteiger partial charge on any atom is -0.388 e. The van der Waals surface area contributed by atoms with E-state index in [9.17, 15) is 9.50 Å². The summed E-state index contributed by atoms with van der Waals surface area (Å²) < 4.78 is 14.4. The summed E-state index contributed by atoms with van der Waals surface area (Å²) in [6.07, 6.45) is -0.451. The molecule has 0 saturated carbocycles. The minimum absolute atomic E-state index is 0.320. The fraction of sp³-hybridized carbons (Fsp3) is 0.294. The maximum Gasteiger partial charge on any atom is 0.130 e. The van der Waals surface area contributed by atoms with Gasteiger partial charge in [0.05, 0.1) is 6.10 Å². The third kappa shape index (κ3) is 3.47. The van der Waals surface area contributed by atoms with Crippen LogP contribution in [0.4, 0.5) is 4.39 Å². The average Bonchev–Trinajstić information content (AvgIpc) is 2.39. The molecule has 0 aliphatic heterocycles. The van der Waals surface area contributed by atoms with E-state index in [0.29, 0.717) is 22.4 Å². The summed E-state index contributed by atoms with van der Waals surface area (Å²) in [6.45, 7) is 4.28. The number of benzene rings is 2. The molecule has 0 aliphatic carbocycles. The van der Waals surface area contributed by atoms with E-state index in [2.05, 4.69) is 41.9 Å². The van der Waals surface area contributed by atoms with Gasteiger partial charge < -0.3 is 5.11 Å². The fourth-order valence-corrected chi connectivity index (χ4v) is 2.80. The molecule has 0 bridgehead atoms. The molecule has 20 heavy (non-hydrogen) atoms. The number of rotatable bonds is 4. The SMILES string of the molecule is CC(C)c1ccc(CC(O)c2c(F)cccc2Br)cc1. The monoisotopic (exact) mass is 336 g/mol. The van der Waals surface area contributed by atoms with Gasteiger partial charge in [-0.25, -0.2) is 4.39 Å². The first kappa shape index (κ1) is 15.2. The molecule has 0 saturated heterocycles. The Morgan fingerprint density at radius 2 is 1.75 bits per heavy atom. The van der Waals surface area contributed by atoms with E-state index in [1.807, 2.05) is 12.1 Å². The van der Waals surface area contributed by atoms with Crippen molar-refractivity contribution in [3.63, 3.8) is 0 Å². The molecular formula is C17H18BrFO. The van der Waals surface area contributed by atoms with Gasteiger partial charge in [-0.2, -0.15) is 0 Å². The topological polar surface area (TPSA) is 20.2 Å². The lowest BCUT2D eigenvalue weighted by Gasteiger charge is -2.14. The van der Waals surface area contributed by atoms with Crippen LogP contribution in [-0.2, 0) is 6.42 Å². The third-order valence-corrected chi connectivity index (χ3v) is 4.10. The van der Waals surface area contributed by atoms with Crippen LogP contribution in [-0.4, -0.2) is 5.11 Å². The minimum atomic E-state index is -0.851. The van der Waals surface area contributed by atoms with Gasteiger partial charge in [-0.1, -0.05) is 60.1 Å². The van der Waals surface area contributed by atoms with E-state index in [1.54, 1.807) is 12.1 Å². The van der Waals surface area contributed by atoms with E-state index in [4.69, 9.17) is 0 Å². The number of halogens is 2. The van der Waals surface area contributed by atoms with Crippen molar-refractivity contribution in [2.45, 2.75) is 32.3 Å². The van der Waals surface area contributed by atoms with Gasteiger partial charge in [-0.05, 0) is 29.2 Å². The second kappa shape index (κ2) is 6.51. The summed E-state index contributed by atoms with van der Waals surface area (Å²) in [5.74, 6) is 0.0976. The quantitative estimate of drug-likeness (QED) is 0.833.